The molecule has 0 atom stereocenters. The lowest BCUT2D eigenvalue weighted by atomic mass is 10.3. The minimum atomic E-state index is -0.170. The molecule has 1 heterocycles. The van der Waals surface area contributed by atoms with E-state index in [0.717, 1.165) is 0 Å². The molecule has 1 N–H and O–H groups in total. The van der Waals surface area contributed by atoms with E-state index in [4.69, 9.17) is 0 Å². The SMILES string of the molecule is C=C1NC(=O)C(C)=NN1C(C)C. The summed E-state index contributed by atoms with van der Waals surface area (Å²) in [5, 5.41) is 8.40. The molecule has 1 aliphatic heterocycles. The monoisotopic (exact) mass is 167 g/mol. The van der Waals surface area contributed by atoms with Crippen LogP contribution in [0.4, 0.5) is 0 Å². The van der Waals surface area contributed by atoms with Crippen molar-refractivity contribution in [3.8, 4) is 0 Å². The largest absolute Gasteiger partial charge is 0.306 e. The number of hydrogen-bond donors (Lipinski definition) is 1. The van der Waals surface area contributed by atoms with Crippen molar-refractivity contribution in [3.05, 3.63) is 12.4 Å². The third kappa shape index (κ3) is 1.47. The summed E-state index contributed by atoms with van der Waals surface area (Å²) in [5.74, 6) is 0.373. The standard InChI is InChI=1S/C8H13N3O/c1-5(2)11-7(4)9-8(12)6(3)10-11/h5H,4H2,1-3H3,(H,9,12). The average Bonchev–Trinajstić information content (AvgIpc) is 1.96. The van der Waals surface area contributed by atoms with E-state index in [1.54, 1.807) is 11.9 Å². The molecule has 0 aromatic carbocycles. The van der Waals surface area contributed by atoms with Gasteiger partial charge in [0.15, 0.2) is 0 Å². The molecule has 0 aliphatic carbocycles. The predicted molar refractivity (Wildman–Crippen MR) is 47.4 cm³/mol. The smallest absolute Gasteiger partial charge is 0.272 e. The number of nitrogens with zero attached hydrogens (tertiary/aromatic N) is 2. The average molecular weight is 167 g/mol. The molecule has 0 saturated heterocycles. The van der Waals surface area contributed by atoms with Gasteiger partial charge in [-0.3, -0.25) is 4.79 Å². The Labute approximate surface area is 71.9 Å². The molecule has 12 heavy (non-hydrogen) atoms. The maximum atomic E-state index is 11.0. The number of amides is 1. The highest BCUT2D eigenvalue weighted by Gasteiger charge is 2.20. The minimum Gasteiger partial charge on any atom is -0.306 e. The van der Waals surface area contributed by atoms with Crippen molar-refractivity contribution in [2.45, 2.75) is 26.8 Å². The van der Waals surface area contributed by atoms with Crippen LogP contribution >= 0.6 is 0 Å². The van der Waals surface area contributed by atoms with E-state index < -0.39 is 0 Å². The highest BCUT2D eigenvalue weighted by atomic mass is 16.2. The maximum absolute atomic E-state index is 11.0. The van der Waals surface area contributed by atoms with Gasteiger partial charge >= 0.3 is 0 Å². The summed E-state index contributed by atoms with van der Waals surface area (Å²) in [4.78, 5) is 11.0. The third-order valence-corrected chi connectivity index (χ3v) is 1.61. The van der Waals surface area contributed by atoms with E-state index in [0.29, 0.717) is 11.5 Å². The molecule has 4 heteroatoms. The Morgan fingerprint density at radius 3 is 2.67 bits per heavy atom. The molecule has 0 bridgehead atoms. The molecule has 4 nitrogen and oxygen atoms in total. The Morgan fingerprint density at radius 2 is 2.17 bits per heavy atom. The first-order chi connectivity index (χ1) is 5.52. The van der Waals surface area contributed by atoms with Crippen LogP contribution in [0.1, 0.15) is 20.8 Å². The van der Waals surface area contributed by atoms with Gasteiger partial charge in [0.2, 0.25) is 0 Å². The number of hydrazone groups is 1. The predicted octanol–water partition coefficient (Wildman–Crippen LogP) is 0.674. The van der Waals surface area contributed by atoms with Gasteiger partial charge in [0.05, 0.1) is 0 Å². The summed E-state index contributed by atoms with van der Waals surface area (Å²) >= 11 is 0. The second kappa shape index (κ2) is 2.97. The van der Waals surface area contributed by atoms with E-state index in [-0.39, 0.29) is 11.9 Å². The number of carbonyl (C=O) groups excluding carboxylic acids is 1. The molecule has 0 unspecified atom stereocenters. The molecule has 0 saturated carbocycles. The molecule has 1 amide bonds. The summed E-state index contributed by atoms with van der Waals surface area (Å²) in [7, 11) is 0. The first-order valence-corrected chi connectivity index (χ1v) is 3.87. The van der Waals surface area contributed by atoms with E-state index in [1.165, 1.54) is 0 Å². The summed E-state index contributed by atoms with van der Waals surface area (Å²) in [6.45, 7) is 9.34. The van der Waals surface area contributed by atoms with Crippen molar-refractivity contribution in [3.63, 3.8) is 0 Å². The molecule has 0 fully saturated rings. The van der Waals surface area contributed by atoms with Gasteiger partial charge in [-0.25, -0.2) is 5.01 Å². The van der Waals surface area contributed by atoms with Crippen molar-refractivity contribution >= 4 is 11.6 Å². The maximum Gasteiger partial charge on any atom is 0.272 e. The third-order valence-electron chi connectivity index (χ3n) is 1.61. The molecule has 1 aliphatic rings. The van der Waals surface area contributed by atoms with Crippen molar-refractivity contribution in [1.82, 2.24) is 10.3 Å². The fourth-order valence-electron chi connectivity index (χ4n) is 0.973. The molecule has 0 spiro atoms. The van der Waals surface area contributed by atoms with Crippen LogP contribution in [0.25, 0.3) is 0 Å². The Kier molecular flexibility index (Phi) is 2.17. The van der Waals surface area contributed by atoms with Crippen LogP contribution in [0.2, 0.25) is 0 Å². The fraction of sp³-hybridized carbons (Fsp3) is 0.500. The summed E-state index contributed by atoms with van der Waals surface area (Å²) in [6.07, 6.45) is 0. The highest BCUT2D eigenvalue weighted by molar-refractivity contribution is 6.38. The normalized spacial score (nSPS) is 18.0. The van der Waals surface area contributed by atoms with E-state index in [2.05, 4.69) is 17.0 Å². The molecule has 0 aromatic rings. The zero-order chi connectivity index (χ0) is 9.30. The van der Waals surface area contributed by atoms with Gasteiger partial charge in [-0.1, -0.05) is 6.58 Å². The number of hydrogen-bond acceptors (Lipinski definition) is 3. The zero-order valence-corrected chi connectivity index (χ0v) is 7.59. The van der Waals surface area contributed by atoms with Crippen LogP contribution in [0.5, 0.6) is 0 Å². The van der Waals surface area contributed by atoms with Gasteiger partial charge in [0.1, 0.15) is 11.5 Å². The van der Waals surface area contributed by atoms with Crippen LogP contribution in [0.15, 0.2) is 17.5 Å². The first kappa shape index (κ1) is 8.77. The Bertz CT molecular complexity index is 255. The Hall–Kier alpha value is -1.32. The Balaban J connectivity index is 2.90. The lowest BCUT2D eigenvalue weighted by Gasteiger charge is -2.29. The van der Waals surface area contributed by atoms with Gasteiger partial charge in [-0.2, -0.15) is 5.10 Å². The minimum absolute atomic E-state index is 0.170. The van der Waals surface area contributed by atoms with Crippen molar-refractivity contribution in [2.24, 2.45) is 5.10 Å². The van der Waals surface area contributed by atoms with Crippen LogP contribution in [-0.2, 0) is 4.79 Å². The van der Waals surface area contributed by atoms with Crippen molar-refractivity contribution in [2.75, 3.05) is 0 Å². The molecular weight excluding hydrogens is 154 g/mol. The molecular formula is C8H13N3O. The lowest BCUT2D eigenvalue weighted by Crippen LogP contribution is -2.43. The zero-order valence-electron chi connectivity index (χ0n) is 7.59. The summed E-state index contributed by atoms with van der Waals surface area (Å²) in [5.41, 5.74) is 0.469. The quantitative estimate of drug-likeness (QED) is 0.624. The lowest BCUT2D eigenvalue weighted by molar-refractivity contribution is -0.115. The van der Waals surface area contributed by atoms with Gasteiger partial charge in [0, 0.05) is 6.04 Å². The van der Waals surface area contributed by atoms with Crippen molar-refractivity contribution in [1.29, 1.82) is 0 Å². The highest BCUT2D eigenvalue weighted by Crippen LogP contribution is 2.09. The number of rotatable bonds is 1. The second-order valence-electron chi connectivity index (χ2n) is 3.02. The van der Waals surface area contributed by atoms with Crippen LogP contribution in [-0.4, -0.2) is 22.7 Å². The fourth-order valence-corrected chi connectivity index (χ4v) is 0.973. The molecule has 0 aromatic heterocycles. The van der Waals surface area contributed by atoms with Crippen LogP contribution in [0, 0.1) is 0 Å². The summed E-state index contributed by atoms with van der Waals surface area (Å²) in [6, 6.07) is 0.216. The summed E-state index contributed by atoms with van der Waals surface area (Å²) < 4.78 is 0. The van der Waals surface area contributed by atoms with Gasteiger partial charge in [0.25, 0.3) is 5.91 Å². The van der Waals surface area contributed by atoms with E-state index >= 15 is 0 Å². The number of nitrogens with one attached hydrogen (secondary N) is 1. The first-order valence-electron chi connectivity index (χ1n) is 3.87. The van der Waals surface area contributed by atoms with Crippen LogP contribution in [0.3, 0.4) is 0 Å². The Morgan fingerprint density at radius 1 is 1.58 bits per heavy atom. The molecule has 66 valence electrons. The van der Waals surface area contributed by atoms with E-state index in [1.807, 2.05) is 13.8 Å². The second-order valence-corrected chi connectivity index (χ2v) is 3.02. The van der Waals surface area contributed by atoms with Gasteiger partial charge in [-0.05, 0) is 20.8 Å². The van der Waals surface area contributed by atoms with Gasteiger partial charge in [-0.15, -0.1) is 0 Å². The molecule has 1 rings (SSSR count). The van der Waals surface area contributed by atoms with Crippen LogP contribution < -0.4 is 5.32 Å². The van der Waals surface area contributed by atoms with E-state index in [9.17, 15) is 4.79 Å². The number of carbonyl (C=O) groups is 1. The van der Waals surface area contributed by atoms with Gasteiger partial charge < -0.3 is 5.32 Å². The van der Waals surface area contributed by atoms with Crippen molar-refractivity contribution < 1.29 is 4.79 Å². The topological polar surface area (TPSA) is 44.7 Å². The molecule has 0 radical (unpaired) electrons.